The van der Waals surface area contributed by atoms with Crippen molar-refractivity contribution in [1.82, 2.24) is 9.55 Å². The van der Waals surface area contributed by atoms with Gasteiger partial charge in [-0.25, -0.2) is 18.2 Å². The lowest BCUT2D eigenvalue weighted by Gasteiger charge is -2.11. The van der Waals surface area contributed by atoms with Crippen LogP contribution < -0.4 is 5.32 Å². The minimum Gasteiger partial charge on any atom is -0.494 e. The van der Waals surface area contributed by atoms with Crippen LogP contribution in [-0.4, -0.2) is 31.6 Å². The normalized spacial score (nSPS) is 11.1. The lowest BCUT2D eigenvalue weighted by Crippen LogP contribution is -2.14. The van der Waals surface area contributed by atoms with Crippen LogP contribution in [0.4, 0.5) is 18.3 Å². The second-order valence-corrected chi connectivity index (χ2v) is 8.38. The van der Waals surface area contributed by atoms with Gasteiger partial charge in [-0.3, -0.25) is 9.59 Å². The van der Waals surface area contributed by atoms with Crippen LogP contribution in [-0.2, 0) is 29.0 Å². The van der Waals surface area contributed by atoms with Crippen molar-refractivity contribution in [2.75, 3.05) is 5.32 Å². The molecular formula is C23H18F3N3O4S. The first kappa shape index (κ1) is 23.3. The molecule has 0 aliphatic heterocycles. The third-order valence-corrected chi connectivity index (χ3v) is 5.98. The Balaban J connectivity index is 1.60. The van der Waals surface area contributed by atoms with Crippen LogP contribution >= 0.6 is 11.3 Å². The van der Waals surface area contributed by atoms with Gasteiger partial charge in [-0.2, -0.15) is 0 Å². The number of halogens is 3. The number of rotatable bonds is 8. The molecule has 0 radical (unpaired) electrons. The fraction of sp³-hybridized carbons (Fsp3) is 0.174. The Morgan fingerprint density at radius 2 is 1.71 bits per heavy atom. The number of fused-ring (bicyclic) bond motifs is 1. The van der Waals surface area contributed by atoms with Gasteiger partial charge in [-0.1, -0.05) is 12.1 Å². The molecule has 2 aromatic carbocycles. The lowest BCUT2D eigenvalue weighted by atomic mass is 10.1. The number of nitrogens with zero attached hydrogens (tertiary/aromatic N) is 2. The smallest absolute Gasteiger partial charge is 0.309 e. The van der Waals surface area contributed by atoms with Gasteiger partial charge in [0.25, 0.3) is 0 Å². The minimum atomic E-state index is -1.05. The third-order valence-electron chi connectivity index (χ3n) is 5.17. The van der Waals surface area contributed by atoms with Crippen LogP contribution in [0.5, 0.6) is 5.88 Å². The van der Waals surface area contributed by atoms with Gasteiger partial charge >= 0.3 is 5.97 Å². The number of thiazole rings is 1. The van der Waals surface area contributed by atoms with Crippen molar-refractivity contribution in [2.45, 2.75) is 25.8 Å². The predicted molar refractivity (Wildman–Crippen MR) is 119 cm³/mol. The van der Waals surface area contributed by atoms with E-state index < -0.39 is 35.2 Å². The molecule has 2 aromatic heterocycles. The highest BCUT2D eigenvalue weighted by Crippen LogP contribution is 2.36. The van der Waals surface area contributed by atoms with E-state index in [1.807, 2.05) is 0 Å². The van der Waals surface area contributed by atoms with Gasteiger partial charge in [0, 0.05) is 22.9 Å². The first-order valence-electron chi connectivity index (χ1n) is 10.1. The summed E-state index contributed by atoms with van der Waals surface area (Å²) in [5.74, 6) is -4.04. The van der Waals surface area contributed by atoms with Gasteiger partial charge < -0.3 is 20.1 Å². The van der Waals surface area contributed by atoms with Crippen molar-refractivity contribution in [3.63, 3.8) is 0 Å². The number of hydrogen-bond acceptors (Lipinski definition) is 5. The molecule has 0 saturated carbocycles. The van der Waals surface area contributed by atoms with E-state index in [0.29, 0.717) is 11.3 Å². The van der Waals surface area contributed by atoms with Crippen LogP contribution in [0, 0.1) is 17.5 Å². The molecule has 0 unspecified atom stereocenters. The van der Waals surface area contributed by atoms with Crippen molar-refractivity contribution < 1.29 is 33.0 Å². The van der Waals surface area contributed by atoms with Crippen molar-refractivity contribution in [3.8, 4) is 5.88 Å². The second-order valence-electron chi connectivity index (χ2n) is 7.52. The van der Waals surface area contributed by atoms with Gasteiger partial charge in [0.1, 0.15) is 17.5 Å². The number of carboxylic acid groups (broad SMARTS) is 1. The Morgan fingerprint density at radius 3 is 2.38 bits per heavy atom. The Bertz CT molecular complexity index is 1380. The number of carboxylic acids is 1. The summed E-state index contributed by atoms with van der Waals surface area (Å²) in [5.41, 5.74) is 1.08. The van der Waals surface area contributed by atoms with E-state index in [4.69, 9.17) is 5.11 Å². The maximum absolute atomic E-state index is 14.7. The maximum atomic E-state index is 14.7. The highest BCUT2D eigenvalue weighted by Gasteiger charge is 2.23. The number of hydrogen-bond donors (Lipinski definition) is 3. The number of aromatic nitrogens is 2. The van der Waals surface area contributed by atoms with Gasteiger partial charge in [-0.15, -0.1) is 11.3 Å². The molecule has 7 nitrogen and oxygen atoms in total. The number of nitrogens with one attached hydrogen (secondary N) is 1. The summed E-state index contributed by atoms with van der Waals surface area (Å²) in [4.78, 5) is 27.3. The van der Waals surface area contributed by atoms with E-state index in [1.165, 1.54) is 34.2 Å². The summed E-state index contributed by atoms with van der Waals surface area (Å²) < 4.78 is 43.7. The molecule has 0 atom stereocenters. The Morgan fingerprint density at radius 1 is 1.03 bits per heavy atom. The summed E-state index contributed by atoms with van der Waals surface area (Å²) in [5, 5.41) is 23.4. The van der Waals surface area contributed by atoms with Crippen LogP contribution in [0.25, 0.3) is 10.8 Å². The van der Waals surface area contributed by atoms with Crippen molar-refractivity contribution in [3.05, 3.63) is 76.2 Å². The van der Waals surface area contributed by atoms with Gasteiger partial charge in [0.2, 0.25) is 11.8 Å². The summed E-state index contributed by atoms with van der Waals surface area (Å²) >= 11 is 1.07. The molecule has 0 bridgehead atoms. The zero-order chi connectivity index (χ0) is 24.4. The molecule has 4 rings (SSSR count). The van der Waals surface area contributed by atoms with Crippen LogP contribution in [0.3, 0.4) is 0 Å². The summed E-state index contributed by atoms with van der Waals surface area (Å²) in [6, 6.07) is 7.29. The SMILES string of the molecule is O=C(O)Cc1csc(NC(=O)CCc2c3c(F)ccc(F)c3c(O)n2Cc2ccc(F)cc2)n1. The molecule has 0 fully saturated rings. The van der Waals surface area contributed by atoms with Crippen molar-refractivity contribution in [1.29, 1.82) is 0 Å². The molecule has 3 N–H and O–H groups in total. The van der Waals surface area contributed by atoms with Crippen molar-refractivity contribution >= 4 is 39.1 Å². The maximum Gasteiger partial charge on any atom is 0.309 e. The zero-order valence-corrected chi connectivity index (χ0v) is 18.3. The van der Waals surface area contributed by atoms with Crippen LogP contribution in [0.1, 0.15) is 23.4 Å². The number of aryl methyl sites for hydroxylation is 1. The standard InChI is InChI=1S/C23H18F3N3O4S/c24-13-3-1-12(2-4-13)10-29-17(20-15(25)5-6-16(26)21(20)22(29)33)7-8-18(30)28-23-27-14(11-34-23)9-19(31)32/h1-6,11,33H,7-10H2,(H,31,32)(H,27,28,30). The van der Waals surface area contributed by atoms with Gasteiger partial charge in [0.15, 0.2) is 5.13 Å². The monoisotopic (exact) mass is 489 g/mol. The quantitative estimate of drug-likeness (QED) is 0.339. The second kappa shape index (κ2) is 9.56. The molecule has 4 aromatic rings. The van der Waals surface area contributed by atoms with E-state index in [-0.39, 0.29) is 47.4 Å². The van der Waals surface area contributed by atoms with E-state index in [2.05, 4.69) is 10.3 Å². The summed E-state index contributed by atoms with van der Waals surface area (Å²) in [6.45, 7) is 0.00164. The summed E-state index contributed by atoms with van der Waals surface area (Å²) in [6.07, 6.45) is -0.469. The molecule has 176 valence electrons. The average Bonchev–Trinajstić information content (AvgIpc) is 3.33. The largest absolute Gasteiger partial charge is 0.494 e. The highest BCUT2D eigenvalue weighted by molar-refractivity contribution is 7.13. The predicted octanol–water partition coefficient (Wildman–Crippen LogP) is 4.47. The minimum absolute atomic E-state index is 0.00164. The van der Waals surface area contributed by atoms with E-state index >= 15 is 0 Å². The first-order chi connectivity index (χ1) is 16.2. The molecule has 0 spiro atoms. The van der Waals surface area contributed by atoms with Crippen molar-refractivity contribution in [2.24, 2.45) is 0 Å². The third kappa shape index (κ3) is 4.88. The zero-order valence-electron chi connectivity index (χ0n) is 17.5. The number of carbonyl (C=O) groups is 2. The first-order valence-corrected chi connectivity index (χ1v) is 11.0. The molecule has 0 aliphatic rings. The molecular weight excluding hydrogens is 471 g/mol. The number of carbonyl (C=O) groups excluding carboxylic acids is 1. The molecule has 2 heterocycles. The average molecular weight is 489 g/mol. The van der Waals surface area contributed by atoms with E-state index in [0.717, 1.165) is 23.5 Å². The summed E-state index contributed by atoms with van der Waals surface area (Å²) in [7, 11) is 0. The van der Waals surface area contributed by atoms with E-state index in [1.54, 1.807) is 0 Å². The van der Waals surface area contributed by atoms with Crippen LogP contribution in [0.2, 0.25) is 0 Å². The fourth-order valence-corrected chi connectivity index (χ4v) is 4.39. The Hall–Kier alpha value is -3.86. The molecule has 0 aliphatic carbocycles. The molecule has 11 heteroatoms. The number of benzene rings is 2. The highest BCUT2D eigenvalue weighted by atomic mass is 32.1. The number of aliphatic carboxylic acids is 1. The number of anilines is 1. The van der Waals surface area contributed by atoms with Crippen LogP contribution in [0.15, 0.2) is 41.8 Å². The molecule has 34 heavy (non-hydrogen) atoms. The van der Waals surface area contributed by atoms with Gasteiger partial charge in [0.05, 0.1) is 24.0 Å². The Kier molecular flexibility index (Phi) is 6.55. The molecule has 0 saturated heterocycles. The lowest BCUT2D eigenvalue weighted by molar-refractivity contribution is -0.136. The fourth-order valence-electron chi connectivity index (χ4n) is 3.67. The number of amides is 1. The Labute approximate surface area is 195 Å². The number of aromatic hydroxyl groups is 1. The van der Waals surface area contributed by atoms with E-state index in [9.17, 15) is 27.9 Å². The topological polar surface area (TPSA) is 104 Å². The van der Waals surface area contributed by atoms with Gasteiger partial charge in [-0.05, 0) is 36.2 Å². The molecule has 1 amide bonds.